The Kier molecular flexibility index (Phi) is 6.73. The number of thiophene rings is 1. The first-order valence-corrected chi connectivity index (χ1v) is 9.83. The van der Waals surface area contributed by atoms with Crippen LogP contribution in [-0.2, 0) is 16.0 Å². The number of benzene rings is 1. The Labute approximate surface area is 161 Å². The maximum Gasteiger partial charge on any atom is 0.224 e. The molecule has 2 heterocycles. The summed E-state index contributed by atoms with van der Waals surface area (Å²) >= 11 is 13.6. The lowest BCUT2D eigenvalue weighted by molar-refractivity contribution is -0.120. The summed E-state index contributed by atoms with van der Waals surface area (Å²) in [6.07, 6.45) is 0.289. The molecule has 0 aliphatic carbocycles. The van der Waals surface area contributed by atoms with Gasteiger partial charge in [-0.1, -0.05) is 35.3 Å². The van der Waals surface area contributed by atoms with Crippen molar-refractivity contribution in [2.24, 2.45) is 0 Å². The van der Waals surface area contributed by atoms with E-state index >= 15 is 0 Å². The summed E-state index contributed by atoms with van der Waals surface area (Å²) in [4.78, 5) is 16.0. The van der Waals surface area contributed by atoms with Gasteiger partial charge in [0.15, 0.2) is 0 Å². The second-order valence-corrected chi connectivity index (χ2v) is 7.70. The van der Waals surface area contributed by atoms with Crippen LogP contribution in [0.3, 0.4) is 0 Å². The molecule has 0 saturated carbocycles. The fourth-order valence-electron chi connectivity index (χ4n) is 2.89. The van der Waals surface area contributed by atoms with Crippen molar-refractivity contribution in [3.63, 3.8) is 0 Å². The molecule has 1 aromatic heterocycles. The quantitative estimate of drug-likeness (QED) is 0.804. The third kappa shape index (κ3) is 5.19. The number of ether oxygens (including phenoxy) is 1. The van der Waals surface area contributed by atoms with Crippen molar-refractivity contribution in [3.8, 4) is 0 Å². The van der Waals surface area contributed by atoms with Crippen LogP contribution in [-0.4, -0.2) is 43.7 Å². The van der Waals surface area contributed by atoms with Crippen molar-refractivity contribution < 1.29 is 9.53 Å². The summed E-state index contributed by atoms with van der Waals surface area (Å²) in [5, 5.41) is 6.10. The second-order valence-electron chi connectivity index (χ2n) is 5.91. The molecule has 25 heavy (non-hydrogen) atoms. The van der Waals surface area contributed by atoms with Crippen molar-refractivity contribution in [2.45, 2.75) is 12.5 Å². The van der Waals surface area contributed by atoms with Crippen LogP contribution in [0.2, 0.25) is 10.0 Å². The molecule has 0 radical (unpaired) electrons. The summed E-state index contributed by atoms with van der Waals surface area (Å²) in [6.45, 7) is 3.81. The molecular weight excluding hydrogens is 379 g/mol. The molecule has 1 amide bonds. The third-order valence-electron chi connectivity index (χ3n) is 4.20. The van der Waals surface area contributed by atoms with Crippen molar-refractivity contribution in [2.75, 3.05) is 32.8 Å². The van der Waals surface area contributed by atoms with E-state index in [0.29, 0.717) is 16.6 Å². The van der Waals surface area contributed by atoms with Gasteiger partial charge in [-0.2, -0.15) is 0 Å². The van der Waals surface area contributed by atoms with E-state index in [-0.39, 0.29) is 18.4 Å². The average molecular weight is 399 g/mol. The molecule has 1 saturated heterocycles. The highest BCUT2D eigenvalue weighted by Gasteiger charge is 2.23. The Hall–Kier alpha value is -1.11. The van der Waals surface area contributed by atoms with Crippen LogP contribution in [0, 0.1) is 0 Å². The maximum atomic E-state index is 12.3. The van der Waals surface area contributed by atoms with E-state index in [0.717, 1.165) is 31.9 Å². The largest absolute Gasteiger partial charge is 0.379 e. The summed E-state index contributed by atoms with van der Waals surface area (Å²) < 4.78 is 5.44. The number of halogens is 2. The van der Waals surface area contributed by atoms with Crippen LogP contribution in [0.4, 0.5) is 0 Å². The number of carbonyl (C=O) groups is 1. The zero-order valence-electron chi connectivity index (χ0n) is 13.7. The van der Waals surface area contributed by atoms with Gasteiger partial charge in [0.05, 0.1) is 35.7 Å². The SMILES string of the molecule is O=C(Cc1ccc(Cl)c(Cl)c1)NC[C@H](c1cccs1)N1CCOCC1. The number of nitrogens with zero attached hydrogens (tertiary/aromatic N) is 1. The minimum absolute atomic E-state index is 0.0202. The lowest BCUT2D eigenvalue weighted by atomic mass is 10.1. The number of morpholine rings is 1. The molecule has 4 nitrogen and oxygen atoms in total. The highest BCUT2D eigenvalue weighted by molar-refractivity contribution is 7.10. The van der Waals surface area contributed by atoms with E-state index < -0.39 is 0 Å². The molecule has 7 heteroatoms. The zero-order valence-corrected chi connectivity index (χ0v) is 16.0. The summed E-state index contributed by atoms with van der Waals surface area (Å²) in [6, 6.07) is 9.63. The maximum absolute atomic E-state index is 12.3. The van der Waals surface area contributed by atoms with Gasteiger partial charge in [0, 0.05) is 24.5 Å². The van der Waals surface area contributed by atoms with Crippen molar-refractivity contribution in [1.29, 1.82) is 0 Å². The first-order valence-electron chi connectivity index (χ1n) is 8.19. The van der Waals surface area contributed by atoms with Gasteiger partial charge in [0.1, 0.15) is 0 Å². The Bertz CT molecular complexity index is 703. The molecule has 1 aliphatic rings. The topological polar surface area (TPSA) is 41.6 Å². The van der Waals surface area contributed by atoms with Crippen molar-refractivity contribution in [1.82, 2.24) is 10.2 Å². The number of nitrogens with one attached hydrogen (secondary N) is 1. The average Bonchev–Trinajstić information content (AvgIpc) is 3.14. The lowest BCUT2D eigenvalue weighted by Crippen LogP contribution is -2.43. The molecule has 2 aromatic rings. The standard InChI is InChI=1S/C18H20Cl2N2O2S/c19-14-4-3-13(10-15(14)20)11-18(23)21-12-16(17-2-1-9-25-17)22-5-7-24-8-6-22/h1-4,9-10,16H,5-8,11-12H2,(H,21,23)/t16-/m1/s1. The number of hydrogen-bond acceptors (Lipinski definition) is 4. The van der Waals surface area contributed by atoms with E-state index in [2.05, 4.69) is 21.7 Å². The van der Waals surface area contributed by atoms with Gasteiger partial charge in [-0.15, -0.1) is 11.3 Å². The minimum atomic E-state index is -0.0202. The molecule has 0 unspecified atom stereocenters. The molecule has 0 spiro atoms. The minimum Gasteiger partial charge on any atom is -0.379 e. The van der Waals surface area contributed by atoms with Crippen molar-refractivity contribution >= 4 is 40.4 Å². The second kappa shape index (κ2) is 9.01. The molecule has 1 aliphatic heterocycles. The Balaban J connectivity index is 1.60. The van der Waals surface area contributed by atoms with Crippen LogP contribution < -0.4 is 5.32 Å². The number of rotatable bonds is 6. The number of amides is 1. The molecule has 134 valence electrons. The van der Waals surface area contributed by atoms with E-state index in [4.69, 9.17) is 27.9 Å². The van der Waals surface area contributed by atoms with Crippen LogP contribution >= 0.6 is 34.5 Å². The van der Waals surface area contributed by atoms with Crippen LogP contribution in [0.5, 0.6) is 0 Å². The Morgan fingerprint density at radius 3 is 2.72 bits per heavy atom. The lowest BCUT2D eigenvalue weighted by Gasteiger charge is -2.34. The molecule has 3 rings (SSSR count). The normalized spacial score (nSPS) is 16.6. The van der Waals surface area contributed by atoms with Crippen LogP contribution in [0.1, 0.15) is 16.5 Å². The van der Waals surface area contributed by atoms with Crippen LogP contribution in [0.15, 0.2) is 35.7 Å². The van der Waals surface area contributed by atoms with E-state index in [1.807, 2.05) is 12.1 Å². The molecule has 0 bridgehead atoms. The van der Waals surface area contributed by atoms with Gasteiger partial charge in [0.2, 0.25) is 5.91 Å². The molecule has 1 N–H and O–H groups in total. The summed E-state index contributed by atoms with van der Waals surface area (Å²) in [7, 11) is 0. The van der Waals surface area contributed by atoms with E-state index in [9.17, 15) is 4.79 Å². The van der Waals surface area contributed by atoms with Gasteiger partial charge in [-0.05, 0) is 29.1 Å². The smallest absolute Gasteiger partial charge is 0.224 e. The van der Waals surface area contributed by atoms with Gasteiger partial charge in [0.25, 0.3) is 0 Å². The van der Waals surface area contributed by atoms with Gasteiger partial charge in [-0.3, -0.25) is 9.69 Å². The van der Waals surface area contributed by atoms with Gasteiger partial charge >= 0.3 is 0 Å². The molecule has 1 atom stereocenters. The highest BCUT2D eigenvalue weighted by Crippen LogP contribution is 2.26. The zero-order chi connectivity index (χ0) is 17.6. The van der Waals surface area contributed by atoms with Gasteiger partial charge in [-0.25, -0.2) is 0 Å². The summed E-state index contributed by atoms with van der Waals surface area (Å²) in [5.74, 6) is -0.0202. The fraction of sp³-hybridized carbons (Fsp3) is 0.389. The van der Waals surface area contributed by atoms with E-state index in [1.54, 1.807) is 23.5 Å². The predicted octanol–water partition coefficient (Wildman–Crippen LogP) is 3.79. The fourth-order valence-corrected chi connectivity index (χ4v) is 4.07. The van der Waals surface area contributed by atoms with Crippen molar-refractivity contribution in [3.05, 3.63) is 56.2 Å². The number of carbonyl (C=O) groups excluding carboxylic acids is 1. The molecule has 1 aromatic carbocycles. The number of hydrogen-bond donors (Lipinski definition) is 1. The van der Waals surface area contributed by atoms with Gasteiger partial charge < -0.3 is 10.1 Å². The van der Waals surface area contributed by atoms with E-state index in [1.165, 1.54) is 4.88 Å². The first kappa shape index (κ1) is 18.7. The molecular formula is C18H20Cl2N2O2S. The monoisotopic (exact) mass is 398 g/mol. The summed E-state index contributed by atoms with van der Waals surface area (Å²) in [5.41, 5.74) is 0.853. The Morgan fingerprint density at radius 1 is 1.24 bits per heavy atom. The first-order chi connectivity index (χ1) is 12.1. The Morgan fingerprint density at radius 2 is 2.04 bits per heavy atom. The third-order valence-corrected chi connectivity index (χ3v) is 5.91. The van der Waals surface area contributed by atoms with Crippen LogP contribution in [0.25, 0.3) is 0 Å². The highest BCUT2D eigenvalue weighted by atomic mass is 35.5. The predicted molar refractivity (Wildman–Crippen MR) is 103 cm³/mol. The molecule has 1 fully saturated rings.